The zero-order valence-electron chi connectivity index (χ0n) is 20.3. The van der Waals surface area contributed by atoms with Gasteiger partial charge >= 0.3 is 0 Å². The maximum atomic E-state index is 12.0. The summed E-state index contributed by atoms with van der Waals surface area (Å²) in [5.74, 6) is 5.62. The highest BCUT2D eigenvalue weighted by molar-refractivity contribution is 5.79. The van der Waals surface area contributed by atoms with Crippen molar-refractivity contribution in [3.05, 3.63) is 23.9 Å². The second kappa shape index (κ2) is 8.14. The van der Waals surface area contributed by atoms with Crippen molar-refractivity contribution in [1.29, 1.82) is 0 Å². The molecule has 0 aromatic carbocycles. The molecule has 0 spiro atoms. The lowest BCUT2D eigenvalue weighted by atomic mass is 9.48. The molecule has 0 aromatic heterocycles. The molecule has 168 valence electrons. The van der Waals surface area contributed by atoms with Crippen LogP contribution in [-0.4, -0.2) is 5.91 Å². The first-order chi connectivity index (χ1) is 14.2. The van der Waals surface area contributed by atoms with Crippen LogP contribution in [-0.2, 0) is 4.79 Å². The second-order valence-electron chi connectivity index (χ2n) is 12.0. The van der Waals surface area contributed by atoms with E-state index in [9.17, 15) is 4.79 Å². The van der Waals surface area contributed by atoms with E-state index < -0.39 is 0 Å². The van der Waals surface area contributed by atoms with E-state index in [2.05, 4.69) is 65.1 Å². The van der Waals surface area contributed by atoms with Gasteiger partial charge in [-0.1, -0.05) is 59.8 Å². The molecule has 1 N–H and O–H groups in total. The van der Waals surface area contributed by atoms with Gasteiger partial charge in [-0.05, 0) is 91.8 Å². The number of hydrogen-bond donors (Lipinski definition) is 1. The third-order valence-corrected chi connectivity index (χ3v) is 10.3. The van der Waals surface area contributed by atoms with Gasteiger partial charge < -0.3 is 5.32 Å². The number of amides is 1. The minimum Gasteiger partial charge on any atom is -0.330 e. The van der Waals surface area contributed by atoms with Gasteiger partial charge in [0.05, 0.1) is 0 Å². The first kappa shape index (κ1) is 22.2. The highest BCUT2D eigenvalue weighted by Crippen LogP contribution is 2.66. The van der Waals surface area contributed by atoms with Gasteiger partial charge in [0.25, 0.3) is 0 Å². The van der Waals surface area contributed by atoms with Crippen LogP contribution >= 0.6 is 0 Å². The molecule has 0 unspecified atom stereocenters. The summed E-state index contributed by atoms with van der Waals surface area (Å²) < 4.78 is 0. The number of rotatable bonds is 5. The van der Waals surface area contributed by atoms with Crippen molar-refractivity contribution in [3.8, 4) is 0 Å². The molecule has 4 rings (SSSR count). The summed E-state index contributed by atoms with van der Waals surface area (Å²) >= 11 is 0. The lowest BCUT2D eigenvalue weighted by molar-refractivity contribution is -0.125. The van der Waals surface area contributed by atoms with Crippen LogP contribution in [0.1, 0.15) is 92.9 Å². The lowest BCUT2D eigenvalue weighted by Crippen LogP contribution is -2.53. The number of piperidine rings is 1. The molecule has 3 fully saturated rings. The van der Waals surface area contributed by atoms with Crippen LogP contribution < -0.4 is 5.32 Å². The van der Waals surface area contributed by atoms with E-state index in [1.807, 2.05) is 0 Å². The fourth-order valence-electron chi connectivity index (χ4n) is 8.38. The summed E-state index contributed by atoms with van der Waals surface area (Å²) in [5, 5.41) is 3.24. The molecule has 0 bridgehead atoms. The molecule has 1 amide bonds. The van der Waals surface area contributed by atoms with E-state index in [0.717, 1.165) is 41.9 Å². The molecule has 4 aliphatic rings. The highest BCUT2D eigenvalue weighted by atomic mass is 16.1. The fourth-order valence-corrected chi connectivity index (χ4v) is 8.38. The Hall–Kier alpha value is -1.05. The maximum Gasteiger partial charge on any atom is 0.224 e. The topological polar surface area (TPSA) is 29.1 Å². The molecule has 1 aliphatic heterocycles. The Labute approximate surface area is 185 Å². The molecule has 3 aliphatic carbocycles. The second-order valence-corrected chi connectivity index (χ2v) is 12.0. The summed E-state index contributed by atoms with van der Waals surface area (Å²) in [7, 11) is 0. The van der Waals surface area contributed by atoms with E-state index in [0.29, 0.717) is 17.8 Å². The predicted molar refractivity (Wildman–Crippen MR) is 126 cm³/mol. The maximum absolute atomic E-state index is 12.0. The van der Waals surface area contributed by atoms with Crippen LogP contribution in [0.25, 0.3) is 0 Å². The molecule has 0 aromatic rings. The Morgan fingerprint density at radius 2 is 1.87 bits per heavy atom. The summed E-state index contributed by atoms with van der Waals surface area (Å²) in [5.41, 5.74) is 1.95. The minimum atomic E-state index is 0.202. The first-order valence-corrected chi connectivity index (χ1v) is 12.9. The number of nitrogens with one attached hydrogen (secondary N) is 1. The monoisotopic (exact) mass is 411 g/mol. The zero-order valence-corrected chi connectivity index (χ0v) is 20.3. The van der Waals surface area contributed by atoms with Gasteiger partial charge in [-0.25, -0.2) is 0 Å². The van der Waals surface area contributed by atoms with E-state index >= 15 is 0 Å². The Morgan fingerprint density at radius 1 is 1.10 bits per heavy atom. The van der Waals surface area contributed by atoms with Gasteiger partial charge in [0.15, 0.2) is 0 Å². The van der Waals surface area contributed by atoms with Crippen molar-refractivity contribution in [1.82, 2.24) is 5.32 Å². The lowest BCUT2D eigenvalue weighted by Gasteiger charge is -2.57. The normalized spacial score (nSPS) is 42.9. The van der Waals surface area contributed by atoms with Crippen molar-refractivity contribution in [2.24, 2.45) is 52.3 Å². The molecule has 2 nitrogen and oxygen atoms in total. The number of carbonyl (C=O) groups excluding carboxylic acids is 1. The predicted octanol–water partition coefficient (Wildman–Crippen LogP) is 7.12. The largest absolute Gasteiger partial charge is 0.330 e. The Morgan fingerprint density at radius 3 is 2.57 bits per heavy atom. The van der Waals surface area contributed by atoms with Crippen LogP contribution in [0, 0.1) is 52.3 Å². The summed E-state index contributed by atoms with van der Waals surface area (Å²) in [6, 6.07) is 0. The molecule has 2 heteroatoms. The molecule has 0 radical (unpaired) electrons. The third kappa shape index (κ3) is 3.51. The summed E-state index contributed by atoms with van der Waals surface area (Å²) in [6.07, 6.45) is 17.2. The Balaban J connectivity index is 1.53. The van der Waals surface area contributed by atoms with Crippen molar-refractivity contribution >= 4 is 5.91 Å². The quantitative estimate of drug-likeness (QED) is 0.479. The molecule has 1 saturated heterocycles. The van der Waals surface area contributed by atoms with Crippen LogP contribution in [0.3, 0.4) is 0 Å². The van der Waals surface area contributed by atoms with Gasteiger partial charge in [-0.2, -0.15) is 0 Å². The van der Waals surface area contributed by atoms with Gasteiger partial charge in [-0.3, -0.25) is 4.79 Å². The SMILES string of the molecule is CC[C@H](/C=C\[C@@H](C)[C@H]1CC[C@H]2[C@@H]3CC=C4NC(=O)CC[C@]4(C)[C@H]3CC[C@]12C)C(C)C. The Kier molecular flexibility index (Phi) is 6.01. The summed E-state index contributed by atoms with van der Waals surface area (Å²) in [4.78, 5) is 12.0. The van der Waals surface area contributed by atoms with Crippen LogP contribution in [0.4, 0.5) is 0 Å². The molecule has 1 heterocycles. The van der Waals surface area contributed by atoms with E-state index in [4.69, 9.17) is 0 Å². The van der Waals surface area contributed by atoms with Crippen molar-refractivity contribution < 1.29 is 4.79 Å². The first-order valence-electron chi connectivity index (χ1n) is 12.9. The van der Waals surface area contributed by atoms with Crippen LogP contribution in [0.5, 0.6) is 0 Å². The number of fused-ring (bicyclic) bond motifs is 5. The van der Waals surface area contributed by atoms with E-state index in [1.165, 1.54) is 44.2 Å². The van der Waals surface area contributed by atoms with E-state index in [1.54, 1.807) is 0 Å². The van der Waals surface area contributed by atoms with Gasteiger partial charge in [0.2, 0.25) is 5.91 Å². The summed E-state index contributed by atoms with van der Waals surface area (Å²) in [6.45, 7) is 14.6. The fraction of sp³-hybridized carbons (Fsp3) is 0.821. The standard InChI is InChI=1S/C28H45NO/c1-7-20(18(2)3)9-8-19(4)22-11-12-23-21-10-13-25-28(6,17-15-26(30)29-25)24(21)14-16-27(22,23)5/h8-9,13,18-24H,7,10-12,14-17H2,1-6H3,(H,29,30)/b9-8-/t19-,20-,21+,22-,23+,24+,27-,28-/m1/s1. The van der Waals surface area contributed by atoms with Crippen molar-refractivity contribution in [2.45, 2.75) is 92.9 Å². The zero-order chi connectivity index (χ0) is 21.7. The number of allylic oxidation sites excluding steroid dienone is 4. The average Bonchev–Trinajstić information content (AvgIpc) is 3.06. The van der Waals surface area contributed by atoms with Gasteiger partial charge in [0.1, 0.15) is 0 Å². The van der Waals surface area contributed by atoms with Crippen molar-refractivity contribution in [2.75, 3.05) is 0 Å². The average molecular weight is 412 g/mol. The molecule has 8 atom stereocenters. The Bertz CT molecular complexity index is 720. The van der Waals surface area contributed by atoms with Gasteiger partial charge in [-0.15, -0.1) is 0 Å². The highest BCUT2D eigenvalue weighted by Gasteiger charge is 2.59. The molecular formula is C28H45NO. The smallest absolute Gasteiger partial charge is 0.224 e. The number of hydrogen-bond acceptors (Lipinski definition) is 1. The van der Waals surface area contributed by atoms with Crippen molar-refractivity contribution in [3.63, 3.8) is 0 Å². The van der Waals surface area contributed by atoms with Crippen LogP contribution in [0.15, 0.2) is 23.9 Å². The van der Waals surface area contributed by atoms with Crippen LogP contribution in [0.2, 0.25) is 0 Å². The molecule has 2 saturated carbocycles. The van der Waals surface area contributed by atoms with Gasteiger partial charge in [0, 0.05) is 17.5 Å². The van der Waals surface area contributed by atoms with E-state index in [-0.39, 0.29) is 11.3 Å². The number of carbonyl (C=O) groups is 1. The molecule has 30 heavy (non-hydrogen) atoms. The minimum absolute atomic E-state index is 0.202. The molecular weight excluding hydrogens is 366 g/mol. The third-order valence-electron chi connectivity index (χ3n) is 10.3.